The van der Waals surface area contributed by atoms with Crippen LogP contribution in [0.5, 0.6) is 5.75 Å². The zero-order valence-corrected chi connectivity index (χ0v) is 16.6. The lowest BCUT2D eigenvalue weighted by Gasteiger charge is -2.26. The Labute approximate surface area is 166 Å². The molecule has 3 amide bonds. The minimum Gasteiger partial charge on any atom is -0.494 e. The number of methoxy groups -OCH3 is 1. The second-order valence-corrected chi connectivity index (χ2v) is 7.30. The van der Waals surface area contributed by atoms with E-state index in [0.29, 0.717) is 48.4 Å². The number of rotatable bonds is 6. The minimum absolute atomic E-state index is 0.0473. The van der Waals surface area contributed by atoms with Gasteiger partial charge in [0.05, 0.1) is 25.0 Å². The molecule has 2 N–H and O–H groups in total. The van der Waals surface area contributed by atoms with E-state index in [1.54, 1.807) is 17.0 Å². The predicted molar refractivity (Wildman–Crippen MR) is 106 cm³/mol. The molecular formula is C18H22N4O5S. The van der Waals surface area contributed by atoms with Crippen LogP contribution in [-0.4, -0.2) is 61.0 Å². The number of amides is 3. The molecular weight excluding hydrogens is 384 g/mol. The van der Waals surface area contributed by atoms with Crippen LogP contribution in [-0.2, 0) is 19.1 Å². The van der Waals surface area contributed by atoms with Crippen molar-refractivity contribution in [3.05, 3.63) is 12.1 Å². The zero-order chi connectivity index (χ0) is 20.1. The molecule has 0 radical (unpaired) electrons. The Morgan fingerprint density at radius 3 is 2.64 bits per heavy atom. The van der Waals surface area contributed by atoms with Crippen molar-refractivity contribution in [2.75, 3.05) is 44.0 Å². The molecule has 2 aromatic rings. The van der Waals surface area contributed by atoms with E-state index in [2.05, 4.69) is 15.6 Å². The number of fused-ring (bicyclic) bond motifs is 1. The molecule has 1 aliphatic rings. The van der Waals surface area contributed by atoms with E-state index in [9.17, 15) is 14.4 Å². The van der Waals surface area contributed by atoms with Crippen molar-refractivity contribution in [1.29, 1.82) is 0 Å². The van der Waals surface area contributed by atoms with Gasteiger partial charge in [-0.25, -0.2) is 4.98 Å². The Morgan fingerprint density at radius 2 is 1.96 bits per heavy atom. The van der Waals surface area contributed by atoms with Crippen LogP contribution in [0.2, 0.25) is 0 Å². The largest absolute Gasteiger partial charge is 0.494 e. The molecule has 150 valence electrons. The van der Waals surface area contributed by atoms with Gasteiger partial charge in [-0.2, -0.15) is 0 Å². The first kappa shape index (κ1) is 20.0. The number of hydrogen-bond acceptors (Lipinski definition) is 7. The van der Waals surface area contributed by atoms with Crippen LogP contribution in [0.1, 0.15) is 19.8 Å². The molecule has 1 aromatic heterocycles. The van der Waals surface area contributed by atoms with Gasteiger partial charge in [0.1, 0.15) is 11.3 Å². The number of thiazole rings is 1. The summed E-state index contributed by atoms with van der Waals surface area (Å²) in [6.07, 6.45) is 0.245. The highest BCUT2D eigenvalue weighted by Gasteiger charge is 2.18. The first-order valence-corrected chi connectivity index (χ1v) is 9.69. The van der Waals surface area contributed by atoms with E-state index in [1.165, 1.54) is 25.4 Å². The van der Waals surface area contributed by atoms with Crippen molar-refractivity contribution in [2.24, 2.45) is 0 Å². The Kier molecular flexibility index (Phi) is 6.42. The number of carbonyl (C=O) groups excluding carboxylic acids is 3. The Balaban J connectivity index is 1.64. The molecule has 0 saturated carbocycles. The quantitative estimate of drug-likeness (QED) is 0.758. The Morgan fingerprint density at radius 1 is 1.21 bits per heavy atom. The SMILES string of the molecule is COc1cc(NC(=O)CCC(=O)N2CCOCC2)cc2sc(NC(C)=O)nc12. The lowest BCUT2D eigenvalue weighted by atomic mass is 10.2. The fourth-order valence-corrected chi connectivity index (χ4v) is 3.81. The first-order chi connectivity index (χ1) is 13.5. The predicted octanol–water partition coefficient (Wildman–Crippen LogP) is 1.84. The van der Waals surface area contributed by atoms with Gasteiger partial charge >= 0.3 is 0 Å². The van der Waals surface area contributed by atoms with Crippen molar-refractivity contribution < 1.29 is 23.9 Å². The fourth-order valence-electron chi connectivity index (χ4n) is 2.85. The number of anilines is 2. The number of nitrogens with one attached hydrogen (secondary N) is 2. The number of hydrogen-bond donors (Lipinski definition) is 2. The van der Waals surface area contributed by atoms with Crippen molar-refractivity contribution in [3.8, 4) is 5.75 Å². The van der Waals surface area contributed by atoms with Gasteiger partial charge in [-0.05, 0) is 6.07 Å². The summed E-state index contributed by atoms with van der Waals surface area (Å²) >= 11 is 1.29. The summed E-state index contributed by atoms with van der Waals surface area (Å²) in [5, 5.41) is 5.90. The Bertz CT molecular complexity index is 891. The van der Waals surface area contributed by atoms with Crippen LogP contribution in [0.4, 0.5) is 10.8 Å². The van der Waals surface area contributed by atoms with Crippen molar-refractivity contribution in [1.82, 2.24) is 9.88 Å². The lowest BCUT2D eigenvalue weighted by molar-refractivity contribution is -0.136. The third-order valence-corrected chi connectivity index (χ3v) is 5.09. The molecule has 28 heavy (non-hydrogen) atoms. The maximum atomic E-state index is 12.3. The van der Waals surface area contributed by atoms with Crippen molar-refractivity contribution >= 4 is 50.1 Å². The third-order valence-electron chi connectivity index (χ3n) is 4.18. The smallest absolute Gasteiger partial charge is 0.224 e. The van der Waals surface area contributed by atoms with Crippen molar-refractivity contribution in [2.45, 2.75) is 19.8 Å². The topological polar surface area (TPSA) is 110 Å². The van der Waals surface area contributed by atoms with Gasteiger partial charge in [-0.1, -0.05) is 11.3 Å². The van der Waals surface area contributed by atoms with Gasteiger partial charge in [0.15, 0.2) is 5.13 Å². The van der Waals surface area contributed by atoms with Gasteiger partial charge in [0.25, 0.3) is 0 Å². The van der Waals surface area contributed by atoms with Crippen LogP contribution < -0.4 is 15.4 Å². The molecule has 1 aromatic carbocycles. The molecule has 1 aliphatic heterocycles. The zero-order valence-electron chi connectivity index (χ0n) is 15.7. The van der Waals surface area contributed by atoms with E-state index in [4.69, 9.17) is 9.47 Å². The molecule has 10 heteroatoms. The minimum atomic E-state index is -0.255. The number of aromatic nitrogens is 1. The van der Waals surface area contributed by atoms with Crippen LogP contribution in [0.3, 0.4) is 0 Å². The lowest BCUT2D eigenvalue weighted by Crippen LogP contribution is -2.40. The summed E-state index contributed by atoms with van der Waals surface area (Å²) in [5.74, 6) is -0.0231. The summed E-state index contributed by atoms with van der Waals surface area (Å²) in [7, 11) is 1.51. The van der Waals surface area contributed by atoms with Crippen LogP contribution in [0, 0.1) is 0 Å². The van der Waals surface area contributed by atoms with E-state index >= 15 is 0 Å². The molecule has 1 fully saturated rings. The maximum Gasteiger partial charge on any atom is 0.224 e. The molecule has 1 saturated heterocycles. The number of benzene rings is 1. The highest BCUT2D eigenvalue weighted by Crippen LogP contribution is 2.35. The number of carbonyl (C=O) groups is 3. The summed E-state index contributed by atoms with van der Waals surface area (Å²) in [6.45, 7) is 3.61. The summed E-state index contributed by atoms with van der Waals surface area (Å²) < 4.78 is 11.3. The molecule has 0 bridgehead atoms. The molecule has 3 rings (SSSR count). The molecule has 0 aliphatic carbocycles. The summed E-state index contributed by atoms with van der Waals surface area (Å²) in [4.78, 5) is 41.7. The van der Waals surface area contributed by atoms with E-state index in [-0.39, 0.29) is 30.6 Å². The van der Waals surface area contributed by atoms with Gasteiger partial charge in [-0.15, -0.1) is 0 Å². The van der Waals surface area contributed by atoms with Gasteiger partial charge in [0.2, 0.25) is 17.7 Å². The monoisotopic (exact) mass is 406 g/mol. The van der Waals surface area contributed by atoms with E-state index in [1.807, 2.05) is 0 Å². The molecule has 9 nitrogen and oxygen atoms in total. The first-order valence-electron chi connectivity index (χ1n) is 8.88. The molecule has 0 unspecified atom stereocenters. The van der Waals surface area contributed by atoms with Crippen LogP contribution >= 0.6 is 11.3 Å². The van der Waals surface area contributed by atoms with Crippen LogP contribution in [0.25, 0.3) is 10.2 Å². The maximum absolute atomic E-state index is 12.3. The van der Waals surface area contributed by atoms with Crippen molar-refractivity contribution in [3.63, 3.8) is 0 Å². The second-order valence-electron chi connectivity index (χ2n) is 6.27. The van der Waals surface area contributed by atoms with Gasteiger partial charge in [-0.3, -0.25) is 14.4 Å². The van der Waals surface area contributed by atoms with Gasteiger partial charge < -0.3 is 25.0 Å². The average molecular weight is 406 g/mol. The normalized spacial score (nSPS) is 14.0. The highest BCUT2D eigenvalue weighted by atomic mass is 32.1. The van der Waals surface area contributed by atoms with Crippen LogP contribution in [0.15, 0.2) is 12.1 Å². The average Bonchev–Trinajstić information content (AvgIpc) is 3.07. The molecule has 0 atom stereocenters. The number of ether oxygens (including phenoxy) is 2. The fraction of sp³-hybridized carbons (Fsp3) is 0.444. The molecule has 2 heterocycles. The third kappa shape index (κ3) is 4.96. The van der Waals surface area contributed by atoms with E-state index in [0.717, 1.165) is 4.70 Å². The number of nitrogens with zero attached hydrogens (tertiary/aromatic N) is 2. The number of morpholine rings is 1. The standard InChI is InChI=1S/C18H22N4O5S/c1-11(23)19-18-21-17-13(26-2)9-12(10-14(17)28-18)20-15(24)3-4-16(25)22-5-7-27-8-6-22/h9-10H,3-8H2,1-2H3,(H,20,24)(H,19,21,23). The molecule has 0 spiro atoms. The highest BCUT2D eigenvalue weighted by molar-refractivity contribution is 7.22. The summed E-state index contributed by atoms with van der Waals surface area (Å²) in [5.41, 5.74) is 1.16. The summed E-state index contributed by atoms with van der Waals surface area (Å²) in [6, 6.07) is 3.43. The Hall–Kier alpha value is -2.72. The van der Waals surface area contributed by atoms with E-state index < -0.39 is 0 Å². The van der Waals surface area contributed by atoms with Gasteiger partial charge in [0, 0.05) is 44.6 Å². The second kappa shape index (κ2) is 8.98.